The minimum atomic E-state index is -4.15. The van der Waals surface area contributed by atoms with E-state index in [2.05, 4.69) is 10.2 Å². The maximum atomic E-state index is 12.7. The molecule has 0 unspecified atom stereocenters. The van der Waals surface area contributed by atoms with Crippen LogP contribution in [0.3, 0.4) is 0 Å². The Bertz CT molecular complexity index is 513. The molecule has 0 aliphatic carbocycles. The molecule has 1 aliphatic heterocycles. The number of benzene rings is 1. The van der Waals surface area contributed by atoms with Gasteiger partial charge in [-0.25, -0.2) is 0 Å². The maximum Gasteiger partial charge on any atom is 0.389 e. The van der Waals surface area contributed by atoms with E-state index in [9.17, 15) is 13.2 Å². The average molecular weight is 405 g/mol. The molecule has 0 spiro atoms. The first-order valence-electron chi connectivity index (χ1n) is 7.68. The van der Waals surface area contributed by atoms with Gasteiger partial charge in [0.15, 0.2) is 11.5 Å². The summed E-state index contributed by atoms with van der Waals surface area (Å²) in [6, 6.07) is 5.07. The van der Waals surface area contributed by atoms with Crippen molar-refractivity contribution in [3.05, 3.63) is 23.8 Å². The molecule has 1 saturated heterocycles. The van der Waals surface area contributed by atoms with E-state index >= 15 is 0 Å². The third-order valence-corrected chi connectivity index (χ3v) is 4.09. The van der Waals surface area contributed by atoms with Crippen molar-refractivity contribution in [1.82, 2.24) is 10.2 Å². The topological polar surface area (TPSA) is 33.7 Å². The van der Waals surface area contributed by atoms with Gasteiger partial charge in [-0.2, -0.15) is 13.2 Å². The number of alkyl halides is 3. The summed E-state index contributed by atoms with van der Waals surface area (Å²) in [7, 11) is 3.06. The van der Waals surface area contributed by atoms with Gasteiger partial charge < -0.3 is 14.8 Å². The summed E-state index contributed by atoms with van der Waals surface area (Å²) in [5.41, 5.74) is 0.828. The van der Waals surface area contributed by atoms with Crippen molar-refractivity contribution in [2.24, 2.45) is 0 Å². The summed E-state index contributed by atoms with van der Waals surface area (Å²) in [5.74, 6) is 1.11. The Kier molecular flexibility index (Phi) is 10.6. The lowest BCUT2D eigenvalue weighted by Crippen LogP contribution is -2.45. The molecular formula is C16H25Cl2F3N2O2. The number of hydrogen-bond donors (Lipinski definition) is 1. The van der Waals surface area contributed by atoms with E-state index in [1.165, 1.54) is 14.2 Å². The molecule has 146 valence electrons. The quantitative estimate of drug-likeness (QED) is 0.780. The van der Waals surface area contributed by atoms with Gasteiger partial charge in [0, 0.05) is 38.6 Å². The van der Waals surface area contributed by atoms with E-state index in [-0.39, 0.29) is 37.3 Å². The van der Waals surface area contributed by atoms with E-state index in [4.69, 9.17) is 9.47 Å². The summed E-state index contributed by atoms with van der Waals surface area (Å²) in [5, 5.41) is 3.23. The second-order valence-corrected chi connectivity index (χ2v) is 5.57. The molecule has 1 atom stereocenters. The van der Waals surface area contributed by atoms with Crippen molar-refractivity contribution in [3.8, 4) is 11.5 Å². The first-order valence-corrected chi connectivity index (χ1v) is 7.68. The number of nitrogens with one attached hydrogen (secondary N) is 1. The van der Waals surface area contributed by atoms with Crippen LogP contribution in [0.4, 0.5) is 13.2 Å². The molecule has 1 aromatic rings. The Morgan fingerprint density at radius 1 is 1.08 bits per heavy atom. The predicted octanol–water partition coefficient (Wildman–Crippen LogP) is 3.84. The van der Waals surface area contributed by atoms with Crippen molar-refractivity contribution >= 4 is 24.8 Å². The molecule has 2 rings (SSSR count). The van der Waals surface area contributed by atoms with Gasteiger partial charge >= 0.3 is 6.18 Å². The molecule has 1 heterocycles. The largest absolute Gasteiger partial charge is 0.493 e. The number of piperazine rings is 1. The molecular weight excluding hydrogens is 380 g/mol. The molecule has 1 N–H and O–H groups in total. The van der Waals surface area contributed by atoms with Crippen LogP contribution in [0.1, 0.15) is 24.4 Å². The minimum absolute atomic E-state index is 0. The third-order valence-electron chi connectivity index (χ3n) is 4.09. The number of methoxy groups -OCH3 is 2. The zero-order valence-corrected chi connectivity index (χ0v) is 15.9. The Balaban J connectivity index is 0.00000288. The lowest BCUT2D eigenvalue weighted by Gasteiger charge is -2.35. The molecule has 0 aromatic heterocycles. The first-order chi connectivity index (χ1) is 10.9. The second kappa shape index (κ2) is 11.0. The van der Waals surface area contributed by atoms with Gasteiger partial charge in [0.2, 0.25) is 0 Å². The fourth-order valence-electron chi connectivity index (χ4n) is 2.91. The first kappa shape index (κ1) is 24.1. The van der Waals surface area contributed by atoms with Crippen molar-refractivity contribution in [2.45, 2.75) is 25.1 Å². The van der Waals surface area contributed by atoms with Crippen LogP contribution in [0.25, 0.3) is 0 Å². The molecule has 0 amide bonds. The van der Waals surface area contributed by atoms with Crippen LogP contribution in [0, 0.1) is 0 Å². The monoisotopic (exact) mass is 404 g/mol. The highest BCUT2D eigenvalue weighted by Crippen LogP contribution is 2.36. The zero-order chi connectivity index (χ0) is 16.9. The minimum Gasteiger partial charge on any atom is -0.493 e. The van der Waals surface area contributed by atoms with Crippen molar-refractivity contribution in [3.63, 3.8) is 0 Å². The van der Waals surface area contributed by atoms with Crippen LogP contribution >= 0.6 is 24.8 Å². The van der Waals surface area contributed by atoms with Crippen LogP contribution in [0.5, 0.6) is 11.5 Å². The van der Waals surface area contributed by atoms with E-state index in [1.807, 2.05) is 6.07 Å². The lowest BCUT2D eigenvalue weighted by atomic mass is 9.98. The number of hydrogen-bond acceptors (Lipinski definition) is 4. The normalized spacial score (nSPS) is 16.4. The molecule has 0 radical (unpaired) electrons. The van der Waals surface area contributed by atoms with Crippen molar-refractivity contribution in [2.75, 3.05) is 40.4 Å². The Hall–Kier alpha value is -0.890. The Morgan fingerprint density at radius 3 is 2.20 bits per heavy atom. The summed E-state index contributed by atoms with van der Waals surface area (Å²) in [4.78, 5) is 2.10. The van der Waals surface area contributed by atoms with E-state index in [0.29, 0.717) is 11.5 Å². The Labute approximate surface area is 158 Å². The van der Waals surface area contributed by atoms with Crippen LogP contribution in [-0.4, -0.2) is 51.5 Å². The molecule has 9 heteroatoms. The van der Waals surface area contributed by atoms with Crippen molar-refractivity contribution in [1.29, 1.82) is 0 Å². The molecule has 0 saturated carbocycles. The van der Waals surface area contributed by atoms with Gasteiger partial charge in [-0.1, -0.05) is 6.07 Å². The average Bonchev–Trinajstić information content (AvgIpc) is 2.54. The van der Waals surface area contributed by atoms with Gasteiger partial charge in [0.1, 0.15) is 0 Å². The van der Waals surface area contributed by atoms with Crippen LogP contribution in [0.2, 0.25) is 0 Å². The summed E-state index contributed by atoms with van der Waals surface area (Å²) < 4.78 is 48.5. The number of halogens is 5. The molecule has 1 aromatic carbocycles. The van der Waals surface area contributed by atoms with Gasteiger partial charge in [0.05, 0.1) is 14.2 Å². The van der Waals surface area contributed by atoms with Crippen molar-refractivity contribution < 1.29 is 22.6 Å². The highest BCUT2D eigenvalue weighted by molar-refractivity contribution is 5.85. The third kappa shape index (κ3) is 7.09. The van der Waals surface area contributed by atoms with Gasteiger partial charge in [-0.3, -0.25) is 4.90 Å². The van der Waals surface area contributed by atoms with Gasteiger partial charge in [-0.05, 0) is 24.1 Å². The molecule has 1 fully saturated rings. The number of nitrogens with zero attached hydrogens (tertiary/aromatic N) is 1. The predicted molar refractivity (Wildman–Crippen MR) is 96.5 cm³/mol. The van der Waals surface area contributed by atoms with E-state index < -0.39 is 12.6 Å². The number of rotatable bonds is 6. The van der Waals surface area contributed by atoms with E-state index in [0.717, 1.165) is 31.7 Å². The Morgan fingerprint density at radius 2 is 1.68 bits per heavy atom. The van der Waals surface area contributed by atoms with Crippen LogP contribution in [0.15, 0.2) is 18.2 Å². The van der Waals surface area contributed by atoms with Gasteiger partial charge in [0.25, 0.3) is 0 Å². The highest BCUT2D eigenvalue weighted by Gasteiger charge is 2.31. The standard InChI is InChI=1S/C16H23F3N2O2.2ClH/c1-22-14-4-3-12(11-15(14)23-2)13(5-6-16(17,18)19)21-9-7-20-8-10-21;;/h3-4,11,13,20H,5-10H2,1-2H3;2*1H/t13-;;/m0../s1. The molecule has 1 aliphatic rings. The second-order valence-electron chi connectivity index (χ2n) is 5.57. The summed E-state index contributed by atoms with van der Waals surface area (Å²) in [6.45, 7) is 3.04. The lowest BCUT2D eigenvalue weighted by molar-refractivity contribution is -0.138. The highest BCUT2D eigenvalue weighted by atomic mass is 35.5. The molecule has 25 heavy (non-hydrogen) atoms. The van der Waals surface area contributed by atoms with Crippen LogP contribution < -0.4 is 14.8 Å². The molecule has 0 bridgehead atoms. The van der Waals surface area contributed by atoms with Crippen LogP contribution in [-0.2, 0) is 0 Å². The fourth-order valence-corrected chi connectivity index (χ4v) is 2.91. The van der Waals surface area contributed by atoms with E-state index in [1.54, 1.807) is 12.1 Å². The number of ether oxygens (including phenoxy) is 2. The maximum absolute atomic E-state index is 12.7. The molecule has 4 nitrogen and oxygen atoms in total. The summed E-state index contributed by atoms with van der Waals surface area (Å²) in [6.07, 6.45) is -4.90. The summed E-state index contributed by atoms with van der Waals surface area (Å²) >= 11 is 0. The van der Waals surface area contributed by atoms with Gasteiger partial charge in [-0.15, -0.1) is 24.8 Å². The smallest absolute Gasteiger partial charge is 0.389 e. The fraction of sp³-hybridized carbons (Fsp3) is 0.625. The SMILES string of the molecule is COc1ccc([C@H](CCC(F)(F)F)N2CCNCC2)cc1OC.Cl.Cl. The zero-order valence-electron chi connectivity index (χ0n) is 14.3.